The molecular weight excluding hydrogens is 402 g/mol. The second kappa shape index (κ2) is 10.5. The molecule has 6 heteroatoms. The van der Waals surface area contributed by atoms with Crippen LogP contribution in [0.15, 0.2) is 48.5 Å². The third kappa shape index (κ3) is 5.23. The summed E-state index contributed by atoms with van der Waals surface area (Å²) in [6, 6.07) is 14.8. The van der Waals surface area contributed by atoms with Crippen molar-refractivity contribution in [2.75, 3.05) is 25.5 Å². The number of para-hydroxylation sites is 1. The van der Waals surface area contributed by atoms with Crippen LogP contribution in [0.2, 0.25) is 0 Å². The molecule has 2 aromatic carbocycles. The summed E-state index contributed by atoms with van der Waals surface area (Å²) in [6.45, 7) is 6.94. The number of amides is 2. The molecule has 1 aliphatic heterocycles. The topological polar surface area (TPSA) is 61.9 Å². The first-order chi connectivity index (χ1) is 15.3. The minimum absolute atomic E-state index is 0.0314. The summed E-state index contributed by atoms with van der Waals surface area (Å²) in [7, 11) is 3.98. The van der Waals surface area contributed by atoms with Gasteiger partial charge in [-0.1, -0.05) is 57.5 Å². The lowest BCUT2D eigenvalue weighted by atomic mass is 10.0. The smallest absolute Gasteiger partial charge is 0.265 e. The number of benzene rings is 2. The second-order valence-corrected chi connectivity index (χ2v) is 8.89. The monoisotopic (exact) mass is 437 g/mol. The normalized spacial score (nSPS) is 18.1. The van der Waals surface area contributed by atoms with Crippen molar-refractivity contribution in [1.29, 1.82) is 0 Å². The van der Waals surface area contributed by atoms with Gasteiger partial charge in [-0.25, -0.2) is 0 Å². The van der Waals surface area contributed by atoms with E-state index >= 15 is 0 Å². The van der Waals surface area contributed by atoms with E-state index in [1.54, 1.807) is 4.90 Å². The van der Waals surface area contributed by atoms with Crippen LogP contribution in [0.1, 0.15) is 50.8 Å². The van der Waals surface area contributed by atoms with Crippen LogP contribution in [-0.4, -0.2) is 43.5 Å². The third-order valence-corrected chi connectivity index (χ3v) is 5.79. The molecule has 1 aliphatic rings. The first-order valence-electron chi connectivity index (χ1n) is 11.4. The predicted molar refractivity (Wildman–Crippen MR) is 128 cm³/mol. The Balaban J connectivity index is 2.02. The van der Waals surface area contributed by atoms with Gasteiger partial charge in [-0.05, 0) is 36.1 Å². The molecule has 0 saturated heterocycles. The van der Waals surface area contributed by atoms with Crippen LogP contribution in [0.4, 0.5) is 5.69 Å². The summed E-state index contributed by atoms with van der Waals surface area (Å²) in [5, 5.41) is 3.03. The highest BCUT2D eigenvalue weighted by Gasteiger charge is 2.41. The molecule has 0 aromatic heterocycles. The summed E-state index contributed by atoms with van der Waals surface area (Å²) in [5.74, 6) is 0.234. The molecule has 2 aromatic rings. The van der Waals surface area contributed by atoms with E-state index in [0.29, 0.717) is 18.8 Å². The lowest BCUT2D eigenvalue weighted by molar-refractivity contribution is -0.147. The highest BCUT2D eigenvalue weighted by molar-refractivity contribution is 5.92. The summed E-state index contributed by atoms with van der Waals surface area (Å²) < 4.78 is 6.18. The van der Waals surface area contributed by atoms with Crippen LogP contribution in [-0.2, 0) is 16.1 Å². The average Bonchev–Trinajstić information content (AvgIpc) is 2.89. The van der Waals surface area contributed by atoms with Crippen molar-refractivity contribution in [2.24, 2.45) is 5.92 Å². The number of rotatable bonds is 8. The van der Waals surface area contributed by atoms with Crippen LogP contribution in [0.3, 0.4) is 0 Å². The van der Waals surface area contributed by atoms with Gasteiger partial charge in [-0.15, -0.1) is 0 Å². The first kappa shape index (κ1) is 23.6. The maximum absolute atomic E-state index is 13.7. The van der Waals surface area contributed by atoms with E-state index in [4.69, 9.17) is 4.74 Å². The second-order valence-electron chi connectivity index (χ2n) is 8.89. The average molecular weight is 438 g/mol. The van der Waals surface area contributed by atoms with Crippen LogP contribution in [0.25, 0.3) is 0 Å². The molecule has 2 amide bonds. The van der Waals surface area contributed by atoms with Gasteiger partial charge in [0.1, 0.15) is 11.8 Å². The van der Waals surface area contributed by atoms with Gasteiger partial charge < -0.3 is 19.9 Å². The van der Waals surface area contributed by atoms with Gasteiger partial charge in [-0.3, -0.25) is 9.59 Å². The fraction of sp³-hybridized carbons (Fsp3) is 0.462. The van der Waals surface area contributed by atoms with Crippen LogP contribution >= 0.6 is 0 Å². The Kier molecular flexibility index (Phi) is 7.78. The van der Waals surface area contributed by atoms with E-state index in [2.05, 4.69) is 12.2 Å². The molecule has 172 valence electrons. The minimum Gasteiger partial charge on any atom is -0.480 e. The Morgan fingerprint density at radius 3 is 2.44 bits per heavy atom. The lowest BCUT2D eigenvalue weighted by Gasteiger charge is -2.31. The van der Waals surface area contributed by atoms with Gasteiger partial charge in [0.25, 0.3) is 5.91 Å². The van der Waals surface area contributed by atoms with E-state index < -0.39 is 12.1 Å². The zero-order valence-electron chi connectivity index (χ0n) is 19.8. The molecule has 0 saturated carbocycles. The molecule has 0 radical (unpaired) electrons. The van der Waals surface area contributed by atoms with E-state index in [0.717, 1.165) is 29.7 Å². The summed E-state index contributed by atoms with van der Waals surface area (Å²) >= 11 is 0. The van der Waals surface area contributed by atoms with Gasteiger partial charge in [0.15, 0.2) is 6.10 Å². The Morgan fingerprint density at radius 1 is 1.12 bits per heavy atom. The number of fused-ring (bicyclic) bond motifs is 1. The largest absolute Gasteiger partial charge is 0.480 e. The Hall–Kier alpha value is -3.02. The highest BCUT2D eigenvalue weighted by Crippen LogP contribution is 2.36. The molecule has 0 bridgehead atoms. The molecule has 3 rings (SSSR count). The number of nitrogens with zero attached hydrogens (tertiary/aromatic N) is 2. The van der Waals surface area contributed by atoms with E-state index in [1.807, 2.05) is 81.4 Å². The van der Waals surface area contributed by atoms with Crippen molar-refractivity contribution in [2.45, 2.75) is 52.3 Å². The fourth-order valence-electron chi connectivity index (χ4n) is 3.91. The first-order valence-corrected chi connectivity index (χ1v) is 11.4. The van der Waals surface area contributed by atoms with Gasteiger partial charge in [0.2, 0.25) is 5.91 Å². The third-order valence-electron chi connectivity index (χ3n) is 5.79. The molecule has 32 heavy (non-hydrogen) atoms. The van der Waals surface area contributed by atoms with E-state index in [9.17, 15) is 9.59 Å². The predicted octanol–water partition coefficient (Wildman–Crippen LogP) is 4.16. The summed E-state index contributed by atoms with van der Waals surface area (Å²) in [4.78, 5) is 30.8. The number of hydrogen-bond acceptors (Lipinski definition) is 4. The molecule has 0 fully saturated rings. The number of carbonyl (C=O) groups excluding carboxylic acids is 2. The minimum atomic E-state index is -0.743. The maximum atomic E-state index is 13.7. The molecule has 6 nitrogen and oxygen atoms in total. The number of anilines is 1. The number of carbonyl (C=O) groups is 2. The fourth-order valence-corrected chi connectivity index (χ4v) is 3.91. The van der Waals surface area contributed by atoms with Gasteiger partial charge in [0.05, 0.1) is 0 Å². The SMILES string of the molecule is CCCCNC(=O)C1c2ccccc2OC(C(C)C)C(=O)N1Cc1ccc(N(C)C)cc1. The molecule has 0 spiro atoms. The van der Waals surface area contributed by atoms with E-state index in [-0.39, 0.29) is 17.7 Å². The zero-order valence-corrected chi connectivity index (χ0v) is 19.8. The van der Waals surface area contributed by atoms with Crippen molar-refractivity contribution >= 4 is 17.5 Å². The lowest BCUT2D eigenvalue weighted by Crippen LogP contribution is -2.48. The number of hydrogen-bond donors (Lipinski definition) is 1. The standard InChI is InChI=1S/C26H35N3O3/c1-6-7-16-27-25(30)23-21-10-8-9-11-22(21)32-24(18(2)3)26(31)29(23)17-19-12-14-20(15-13-19)28(4)5/h8-15,18,23-24H,6-7,16-17H2,1-5H3,(H,27,30). The molecule has 2 atom stereocenters. The number of nitrogens with one attached hydrogen (secondary N) is 1. The Labute approximate surface area is 191 Å². The van der Waals surface area contributed by atoms with Crippen molar-refractivity contribution in [3.05, 3.63) is 59.7 Å². The van der Waals surface area contributed by atoms with Gasteiger partial charge >= 0.3 is 0 Å². The number of ether oxygens (including phenoxy) is 1. The van der Waals surface area contributed by atoms with Gasteiger partial charge in [0, 0.05) is 38.4 Å². The quantitative estimate of drug-likeness (QED) is 0.630. The molecule has 1 N–H and O–H groups in total. The van der Waals surface area contributed by atoms with Gasteiger partial charge in [-0.2, -0.15) is 0 Å². The summed E-state index contributed by atoms with van der Waals surface area (Å²) in [6.07, 6.45) is 1.23. The molecule has 2 unspecified atom stereocenters. The Bertz CT molecular complexity index is 924. The van der Waals surface area contributed by atoms with Crippen LogP contribution in [0, 0.1) is 5.92 Å². The van der Waals surface area contributed by atoms with Crippen molar-refractivity contribution < 1.29 is 14.3 Å². The van der Waals surface area contributed by atoms with Crippen molar-refractivity contribution in [3.8, 4) is 5.75 Å². The van der Waals surface area contributed by atoms with E-state index in [1.165, 1.54) is 0 Å². The molecule has 1 heterocycles. The zero-order chi connectivity index (χ0) is 23.3. The summed E-state index contributed by atoms with van der Waals surface area (Å²) in [5.41, 5.74) is 2.78. The van der Waals surface area contributed by atoms with Crippen molar-refractivity contribution in [1.82, 2.24) is 10.2 Å². The molecular formula is C26H35N3O3. The maximum Gasteiger partial charge on any atom is 0.265 e. The van der Waals surface area contributed by atoms with Crippen molar-refractivity contribution in [3.63, 3.8) is 0 Å². The molecule has 0 aliphatic carbocycles. The number of unbranched alkanes of at least 4 members (excludes halogenated alkanes) is 1. The van der Waals surface area contributed by atoms with Crippen LogP contribution in [0.5, 0.6) is 5.75 Å². The highest BCUT2D eigenvalue weighted by atomic mass is 16.5. The van der Waals surface area contributed by atoms with Crippen LogP contribution < -0.4 is 15.0 Å². The Morgan fingerprint density at radius 2 is 1.81 bits per heavy atom.